The molecule has 1 heterocycles. The summed E-state index contributed by atoms with van der Waals surface area (Å²) in [5.41, 5.74) is 0. The van der Waals surface area contributed by atoms with Crippen molar-refractivity contribution in [2.75, 3.05) is 20.1 Å². The summed E-state index contributed by atoms with van der Waals surface area (Å²) in [5, 5.41) is 3.26. The van der Waals surface area contributed by atoms with Crippen molar-refractivity contribution in [3.8, 4) is 0 Å². The topological polar surface area (TPSA) is 32.3 Å². The van der Waals surface area contributed by atoms with Crippen LogP contribution >= 0.6 is 0 Å². The second-order valence-corrected chi connectivity index (χ2v) is 3.67. The van der Waals surface area contributed by atoms with Crippen LogP contribution in [0, 0.1) is 0 Å². The van der Waals surface area contributed by atoms with Gasteiger partial charge in [0.2, 0.25) is 7.28 Å². The highest BCUT2D eigenvalue weighted by Crippen LogP contribution is 2.10. The zero-order valence-corrected chi connectivity index (χ0v) is 8.68. The van der Waals surface area contributed by atoms with E-state index in [1.165, 1.54) is 12.8 Å². The molecule has 1 unspecified atom stereocenters. The molecule has 1 fully saturated rings. The molecule has 0 aromatic heterocycles. The molecule has 0 aromatic rings. The summed E-state index contributed by atoms with van der Waals surface area (Å²) in [4.78, 5) is 13.5. The molecule has 1 amide bonds. The first-order valence-electron chi connectivity index (χ1n) is 5.23. The molecule has 4 heteroatoms. The lowest BCUT2D eigenvalue weighted by molar-refractivity contribution is 0.218. The van der Waals surface area contributed by atoms with Gasteiger partial charge in [-0.2, -0.15) is 0 Å². The number of carbonyl (C=O) groups excluding carboxylic acids is 1. The molecule has 1 saturated heterocycles. The van der Waals surface area contributed by atoms with Gasteiger partial charge in [0.15, 0.2) is 5.81 Å². The summed E-state index contributed by atoms with van der Waals surface area (Å²) in [6.45, 7) is 3.77. The SMILES string of the molecule is CBC(=O)N1CCCCC(NC)C1. The number of rotatable bonds is 2. The van der Waals surface area contributed by atoms with Gasteiger partial charge in [-0.15, -0.1) is 0 Å². The molecule has 3 nitrogen and oxygen atoms in total. The van der Waals surface area contributed by atoms with E-state index in [1.54, 1.807) is 0 Å². The fourth-order valence-corrected chi connectivity index (χ4v) is 1.83. The van der Waals surface area contributed by atoms with Crippen LogP contribution in [0.4, 0.5) is 4.79 Å². The maximum atomic E-state index is 11.5. The van der Waals surface area contributed by atoms with Crippen molar-refractivity contribution in [2.24, 2.45) is 0 Å². The molecular weight excluding hydrogens is 163 g/mol. The van der Waals surface area contributed by atoms with Crippen molar-refractivity contribution >= 4 is 13.1 Å². The van der Waals surface area contributed by atoms with Crippen LogP contribution in [-0.4, -0.2) is 44.2 Å². The van der Waals surface area contributed by atoms with Crippen molar-refractivity contribution in [1.82, 2.24) is 10.2 Å². The zero-order chi connectivity index (χ0) is 9.68. The second-order valence-electron chi connectivity index (χ2n) is 3.67. The van der Waals surface area contributed by atoms with Gasteiger partial charge < -0.3 is 10.2 Å². The van der Waals surface area contributed by atoms with Crippen molar-refractivity contribution in [2.45, 2.75) is 32.1 Å². The molecule has 0 aromatic carbocycles. The van der Waals surface area contributed by atoms with Gasteiger partial charge in [-0.3, -0.25) is 4.79 Å². The highest BCUT2D eigenvalue weighted by atomic mass is 16.1. The lowest BCUT2D eigenvalue weighted by Crippen LogP contribution is -2.42. The van der Waals surface area contributed by atoms with Gasteiger partial charge in [-0.1, -0.05) is 13.2 Å². The Labute approximate surface area is 81.1 Å². The third-order valence-corrected chi connectivity index (χ3v) is 2.73. The van der Waals surface area contributed by atoms with Crippen LogP contribution in [0.5, 0.6) is 0 Å². The highest BCUT2D eigenvalue weighted by Gasteiger charge is 2.19. The Kier molecular flexibility index (Phi) is 4.29. The molecule has 0 spiro atoms. The Bertz CT molecular complexity index is 175. The molecule has 1 aliphatic heterocycles. The van der Waals surface area contributed by atoms with Gasteiger partial charge in [0.25, 0.3) is 0 Å². The van der Waals surface area contributed by atoms with E-state index in [0.717, 1.165) is 19.5 Å². The van der Waals surface area contributed by atoms with Gasteiger partial charge >= 0.3 is 0 Å². The average Bonchev–Trinajstić information content (AvgIpc) is 2.41. The number of likely N-dealkylation sites (N-methyl/N-ethyl adjacent to an activating group) is 1. The first kappa shape index (κ1) is 10.6. The smallest absolute Gasteiger partial charge is 0.230 e. The van der Waals surface area contributed by atoms with Crippen LogP contribution in [0.25, 0.3) is 0 Å². The number of amides is 1. The number of likely N-dealkylation sites (tertiary alicyclic amines) is 1. The minimum absolute atomic E-state index is 0.294. The van der Waals surface area contributed by atoms with Crippen molar-refractivity contribution in [3.05, 3.63) is 0 Å². The maximum absolute atomic E-state index is 11.5. The lowest BCUT2D eigenvalue weighted by atomic mass is 9.80. The van der Waals surface area contributed by atoms with E-state index in [2.05, 4.69) is 5.32 Å². The lowest BCUT2D eigenvalue weighted by Gasteiger charge is -2.24. The summed E-state index contributed by atoms with van der Waals surface area (Å²) in [7, 11) is 2.61. The third-order valence-electron chi connectivity index (χ3n) is 2.73. The third kappa shape index (κ3) is 3.03. The molecule has 1 N–H and O–H groups in total. The molecule has 0 radical (unpaired) electrons. The number of hydrogen-bond donors (Lipinski definition) is 1. The summed E-state index contributed by atoms with van der Waals surface area (Å²) in [5.74, 6) is 0.294. The Hall–Kier alpha value is -0.505. The molecule has 0 bridgehead atoms. The first-order valence-corrected chi connectivity index (χ1v) is 5.23. The first-order chi connectivity index (χ1) is 6.27. The fraction of sp³-hybridized carbons (Fsp3) is 0.889. The van der Waals surface area contributed by atoms with Gasteiger partial charge in [-0.25, -0.2) is 0 Å². The Morgan fingerprint density at radius 1 is 1.54 bits per heavy atom. The molecule has 74 valence electrons. The van der Waals surface area contributed by atoms with Crippen LogP contribution in [0.1, 0.15) is 19.3 Å². The summed E-state index contributed by atoms with van der Waals surface area (Å²) in [6.07, 6.45) is 3.59. The quantitative estimate of drug-likeness (QED) is 0.636. The monoisotopic (exact) mass is 182 g/mol. The Morgan fingerprint density at radius 2 is 2.31 bits per heavy atom. The second kappa shape index (κ2) is 5.27. The predicted molar refractivity (Wildman–Crippen MR) is 56.7 cm³/mol. The van der Waals surface area contributed by atoms with Gasteiger partial charge in [0, 0.05) is 19.1 Å². The van der Waals surface area contributed by atoms with E-state index in [9.17, 15) is 4.79 Å². The molecule has 0 aliphatic carbocycles. The summed E-state index contributed by atoms with van der Waals surface area (Å²) >= 11 is 0. The van der Waals surface area contributed by atoms with Crippen molar-refractivity contribution in [3.63, 3.8) is 0 Å². The van der Waals surface area contributed by atoms with E-state index >= 15 is 0 Å². The molecule has 13 heavy (non-hydrogen) atoms. The molecule has 0 saturated carbocycles. The minimum atomic E-state index is 0.294. The van der Waals surface area contributed by atoms with E-state index in [4.69, 9.17) is 0 Å². The number of carbonyl (C=O) groups is 1. The number of nitrogens with one attached hydrogen (secondary N) is 1. The van der Waals surface area contributed by atoms with Crippen LogP contribution in [0.3, 0.4) is 0 Å². The minimum Gasteiger partial charge on any atom is -0.350 e. The Balaban J connectivity index is 2.48. The fourth-order valence-electron chi connectivity index (χ4n) is 1.83. The average molecular weight is 182 g/mol. The van der Waals surface area contributed by atoms with E-state index < -0.39 is 0 Å². The van der Waals surface area contributed by atoms with Gasteiger partial charge in [0.1, 0.15) is 0 Å². The molecule has 1 rings (SSSR count). The summed E-state index contributed by atoms with van der Waals surface area (Å²) < 4.78 is 0. The predicted octanol–water partition coefficient (Wildman–Crippen LogP) is 0.665. The van der Waals surface area contributed by atoms with E-state index in [-0.39, 0.29) is 0 Å². The van der Waals surface area contributed by atoms with Crippen molar-refractivity contribution in [1.29, 1.82) is 0 Å². The van der Waals surface area contributed by atoms with Crippen LogP contribution in [0.15, 0.2) is 0 Å². The van der Waals surface area contributed by atoms with Crippen LogP contribution < -0.4 is 5.32 Å². The standard InChI is InChI=1S/C9H19BN2O/c1-10-9(13)12-6-4-3-5-8(7-12)11-2/h8,10-11H,3-7H2,1-2H3. The van der Waals surface area contributed by atoms with Crippen LogP contribution in [-0.2, 0) is 0 Å². The number of hydrogen-bond acceptors (Lipinski definition) is 2. The van der Waals surface area contributed by atoms with E-state index in [0.29, 0.717) is 19.1 Å². The normalized spacial score (nSPS) is 23.8. The van der Waals surface area contributed by atoms with Gasteiger partial charge in [-0.05, 0) is 19.9 Å². The Morgan fingerprint density at radius 3 is 2.92 bits per heavy atom. The van der Waals surface area contributed by atoms with Crippen molar-refractivity contribution < 1.29 is 4.79 Å². The summed E-state index contributed by atoms with van der Waals surface area (Å²) in [6, 6.07) is 0.498. The van der Waals surface area contributed by atoms with Gasteiger partial charge in [0.05, 0.1) is 0 Å². The van der Waals surface area contributed by atoms with E-state index in [1.807, 2.05) is 18.8 Å². The largest absolute Gasteiger partial charge is 0.350 e. The highest BCUT2D eigenvalue weighted by molar-refractivity contribution is 6.72. The molecule has 1 aliphatic rings. The maximum Gasteiger partial charge on any atom is 0.230 e. The molecule has 1 atom stereocenters. The zero-order valence-electron chi connectivity index (χ0n) is 8.68. The van der Waals surface area contributed by atoms with Crippen LogP contribution in [0.2, 0.25) is 6.82 Å². The number of nitrogens with zero attached hydrogens (tertiary/aromatic N) is 1. The molecular formula is C9H19BN2O.